The number of methoxy groups -OCH3 is 1. The van der Waals surface area contributed by atoms with Crippen molar-refractivity contribution in [3.63, 3.8) is 0 Å². The summed E-state index contributed by atoms with van der Waals surface area (Å²) in [5.41, 5.74) is 1.98. The lowest BCUT2D eigenvalue weighted by Gasteiger charge is -2.22. The quantitative estimate of drug-likeness (QED) is 0.520. The molecule has 3 aromatic heterocycles. The van der Waals surface area contributed by atoms with Crippen molar-refractivity contribution in [3.8, 4) is 17.1 Å². The van der Waals surface area contributed by atoms with Crippen molar-refractivity contribution in [2.75, 3.05) is 25.5 Å². The van der Waals surface area contributed by atoms with Crippen molar-refractivity contribution in [1.29, 1.82) is 0 Å². The summed E-state index contributed by atoms with van der Waals surface area (Å²) >= 11 is 0. The molecular weight excluding hydrogens is 473 g/mol. The molecule has 1 amide bonds. The number of amides is 1. The van der Waals surface area contributed by atoms with Gasteiger partial charge in [-0.3, -0.25) is 4.79 Å². The predicted molar refractivity (Wildman–Crippen MR) is 129 cm³/mol. The van der Waals surface area contributed by atoms with Gasteiger partial charge in [0.05, 0.1) is 24.9 Å². The molecule has 0 radical (unpaired) electrons. The Labute approximate surface area is 207 Å². The topological polar surface area (TPSA) is 85.2 Å². The largest absolute Gasteiger partial charge is 0.481 e. The van der Waals surface area contributed by atoms with Crippen LogP contribution in [0.3, 0.4) is 0 Å². The van der Waals surface area contributed by atoms with E-state index in [4.69, 9.17) is 4.74 Å². The fourth-order valence-corrected chi connectivity index (χ4v) is 4.49. The molecule has 4 heterocycles. The highest BCUT2D eigenvalue weighted by atomic mass is 19.3. The number of nitrogens with zero attached hydrogens (tertiary/aromatic N) is 5. The molecule has 192 valence electrons. The number of rotatable bonds is 7. The van der Waals surface area contributed by atoms with E-state index in [1.54, 1.807) is 37.1 Å². The third-order valence-electron chi connectivity index (χ3n) is 6.39. The number of imidazole rings is 1. The van der Waals surface area contributed by atoms with Crippen molar-refractivity contribution in [1.82, 2.24) is 24.4 Å². The van der Waals surface area contributed by atoms with Crippen LogP contribution < -0.4 is 10.1 Å². The second-order valence-corrected chi connectivity index (χ2v) is 9.16. The summed E-state index contributed by atoms with van der Waals surface area (Å²) in [6.07, 6.45) is 3.33. The fraction of sp³-hybridized carbons (Fsp3) is 0.440. The maximum Gasteiger partial charge on any atom is 0.302 e. The Hall–Kier alpha value is -3.63. The van der Waals surface area contributed by atoms with Crippen molar-refractivity contribution in [3.05, 3.63) is 53.5 Å². The van der Waals surface area contributed by atoms with Gasteiger partial charge in [0.1, 0.15) is 11.6 Å². The number of anilines is 1. The minimum atomic E-state index is -3.05. The minimum absolute atomic E-state index is 0.0315. The number of likely N-dealkylation sites (tertiary alicyclic amines) is 1. The van der Waals surface area contributed by atoms with Crippen LogP contribution >= 0.6 is 0 Å². The van der Waals surface area contributed by atoms with E-state index in [-0.39, 0.29) is 29.2 Å². The molecule has 2 atom stereocenters. The van der Waals surface area contributed by atoms with Crippen LogP contribution in [0.1, 0.15) is 43.3 Å². The number of nitrogens with one attached hydrogen (secondary N) is 1. The molecular formula is C25H29F3N6O2. The van der Waals surface area contributed by atoms with Gasteiger partial charge < -0.3 is 19.5 Å². The molecule has 8 nitrogen and oxygen atoms in total. The number of carbonyl (C=O) groups is 1. The molecule has 0 aromatic carbocycles. The molecule has 3 aromatic rings. The van der Waals surface area contributed by atoms with Gasteiger partial charge in [-0.15, -0.1) is 0 Å². The minimum Gasteiger partial charge on any atom is -0.481 e. The van der Waals surface area contributed by atoms with Gasteiger partial charge in [-0.2, -0.15) is 8.78 Å². The van der Waals surface area contributed by atoms with E-state index in [0.717, 1.165) is 13.1 Å². The number of aromatic nitrogens is 4. The highest BCUT2D eigenvalue weighted by Crippen LogP contribution is 2.31. The summed E-state index contributed by atoms with van der Waals surface area (Å²) in [6, 6.07) is 4.98. The first-order valence-corrected chi connectivity index (χ1v) is 11.6. The number of carbonyl (C=O) groups excluding carboxylic acids is 1. The molecule has 1 N–H and O–H groups in total. The van der Waals surface area contributed by atoms with Crippen LogP contribution in [-0.2, 0) is 17.8 Å². The zero-order valence-electron chi connectivity index (χ0n) is 20.8. The standard InChI is InChI=1S/C25H29F3N6O2/c1-14(18-10-22(36-5)29-11-19(18)26)23(35)34-9-8-16(12-34)31-21-7-6-17(15(2)30-21)20-13-33(4)24(32-20)25(3,27)28/h6-7,10-11,13-14,16H,8-9,12H2,1-5H3,(H,30,31)/t14-,16+/m1/s1. The second kappa shape index (κ2) is 9.79. The van der Waals surface area contributed by atoms with E-state index in [1.165, 1.54) is 24.8 Å². The van der Waals surface area contributed by atoms with Gasteiger partial charge >= 0.3 is 5.92 Å². The third-order valence-corrected chi connectivity index (χ3v) is 6.39. The summed E-state index contributed by atoms with van der Waals surface area (Å²) in [5.74, 6) is -3.90. The van der Waals surface area contributed by atoms with E-state index in [9.17, 15) is 18.0 Å². The highest BCUT2D eigenvalue weighted by molar-refractivity contribution is 5.83. The number of hydrogen-bond donors (Lipinski definition) is 1. The normalized spacial score (nSPS) is 16.8. The monoisotopic (exact) mass is 502 g/mol. The molecule has 1 fully saturated rings. The van der Waals surface area contributed by atoms with E-state index in [2.05, 4.69) is 20.3 Å². The maximum absolute atomic E-state index is 14.3. The zero-order valence-corrected chi connectivity index (χ0v) is 20.8. The summed E-state index contributed by atoms with van der Waals surface area (Å²) in [7, 11) is 2.97. The van der Waals surface area contributed by atoms with Crippen LogP contribution in [0.25, 0.3) is 11.3 Å². The Morgan fingerprint density at radius 3 is 2.69 bits per heavy atom. The first-order valence-electron chi connectivity index (χ1n) is 11.6. The number of alkyl halides is 2. The first kappa shape index (κ1) is 25.5. The van der Waals surface area contributed by atoms with Crippen LogP contribution in [0, 0.1) is 12.7 Å². The summed E-state index contributed by atoms with van der Waals surface area (Å²) < 4.78 is 48.2. The molecule has 0 spiro atoms. The van der Waals surface area contributed by atoms with Gasteiger partial charge in [0.25, 0.3) is 0 Å². The summed E-state index contributed by atoms with van der Waals surface area (Å²) in [5, 5.41) is 3.34. The first-order chi connectivity index (χ1) is 17.0. The Bertz CT molecular complexity index is 1270. The lowest BCUT2D eigenvalue weighted by molar-refractivity contribution is -0.131. The Balaban J connectivity index is 1.42. The van der Waals surface area contributed by atoms with E-state index in [1.807, 2.05) is 0 Å². The van der Waals surface area contributed by atoms with E-state index in [0.29, 0.717) is 42.3 Å². The molecule has 1 saturated heterocycles. The Kier molecular flexibility index (Phi) is 6.92. The van der Waals surface area contributed by atoms with Crippen molar-refractivity contribution in [2.45, 2.75) is 45.1 Å². The summed E-state index contributed by atoms with van der Waals surface area (Å²) in [4.78, 5) is 27.3. The van der Waals surface area contributed by atoms with Crippen LogP contribution in [0.4, 0.5) is 19.0 Å². The Morgan fingerprint density at radius 1 is 1.31 bits per heavy atom. The van der Waals surface area contributed by atoms with Gasteiger partial charge in [-0.25, -0.2) is 19.3 Å². The number of hydrogen-bond acceptors (Lipinski definition) is 6. The molecule has 1 aliphatic rings. The van der Waals surface area contributed by atoms with Crippen molar-refractivity contribution in [2.24, 2.45) is 7.05 Å². The SMILES string of the molecule is COc1cc([C@@H](C)C(=O)N2CC[C@H](Nc3ccc(-c4cn(C)c(C(C)(F)F)n4)c(C)n3)C2)c(F)cn1. The molecule has 0 aliphatic carbocycles. The average Bonchev–Trinajstić information content (AvgIpc) is 3.45. The molecule has 11 heteroatoms. The van der Waals surface area contributed by atoms with Gasteiger partial charge in [0.2, 0.25) is 11.8 Å². The number of pyridine rings is 2. The molecule has 0 unspecified atom stereocenters. The van der Waals surface area contributed by atoms with Crippen LogP contribution in [-0.4, -0.2) is 56.6 Å². The van der Waals surface area contributed by atoms with Gasteiger partial charge in [-0.1, -0.05) is 0 Å². The van der Waals surface area contributed by atoms with Gasteiger partial charge in [-0.05, 0) is 32.4 Å². The fourth-order valence-electron chi connectivity index (χ4n) is 4.49. The van der Waals surface area contributed by atoms with Crippen LogP contribution in [0.15, 0.2) is 30.6 Å². The summed E-state index contributed by atoms with van der Waals surface area (Å²) in [6.45, 7) is 5.26. The van der Waals surface area contributed by atoms with Crippen molar-refractivity contribution >= 4 is 11.7 Å². The average molecular weight is 503 g/mol. The van der Waals surface area contributed by atoms with Crippen LogP contribution in [0.5, 0.6) is 5.88 Å². The molecule has 4 rings (SSSR count). The van der Waals surface area contributed by atoms with Gasteiger partial charge in [0, 0.05) is 62.2 Å². The lowest BCUT2D eigenvalue weighted by Crippen LogP contribution is -2.34. The number of ether oxygens (including phenoxy) is 1. The zero-order chi connectivity index (χ0) is 26.2. The highest BCUT2D eigenvalue weighted by Gasteiger charge is 2.32. The van der Waals surface area contributed by atoms with Crippen molar-refractivity contribution < 1.29 is 22.7 Å². The van der Waals surface area contributed by atoms with E-state index < -0.39 is 17.7 Å². The number of halogens is 3. The van der Waals surface area contributed by atoms with Gasteiger partial charge in [0.15, 0.2) is 5.82 Å². The lowest BCUT2D eigenvalue weighted by atomic mass is 10.0. The Morgan fingerprint density at radius 2 is 2.06 bits per heavy atom. The molecule has 36 heavy (non-hydrogen) atoms. The third kappa shape index (κ3) is 5.14. The maximum atomic E-state index is 14.3. The molecule has 0 bridgehead atoms. The molecule has 1 aliphatic heterocycles. The number of aryl methyl sites for hydroxylation is 2. The molecule has 0 saturated carbocycles. The second-order valence-electron chi connectivity index (χ2n) is 9.16. The van der Waals surface area contributed by atoms with E-state index >= 15 is 0 Å². The predicted octanol–water partition coefficient (Wildman–Crippen LogP) is 4.26. The van der Waals surface area contributed by atoms with Crippen LogP contribution in [0.2, 0.25) is 0 Å². The smallest absolute Gasteiger partial charge is 0.302 e.